The predicted octanol–water partition coefficient (Wildman–Crippen LogP) is 0.524. The Bertz CT molecular complexity index is 427. The highest BCUT2D eigenvalue weighted by molar-refractivity contribution is 7.91. The first kappa shape index (κ1) is 9.68. The SMILES string of the molecule is CS(=O)(=O)[C@@H]1[C@H](N)[C@@H]1c1ccccc1. The van der Waals surface area contributed by atoms with E-state index in [2.05, 4.69) is 0 Å². The lowest BCUT2D eigenvalue weighted by molar-refractivity contribution is 0.599. The van der Waals surface area contributed by atoms with Gasteiger partial charge in [0, 0.05) is 18.2 Å². The van der Waals surface area contributed by atoms with E-state index in [1.54, 1.807) is 0 Å². The Morgan fingerprint density at radius 1 is 1.21 bits per heavy atom. The van der Waals surface area contributed by atoms with Crippen LogP contribution in [0, 0.1) is 0 Å². The van der Waals surface area contributed by atoms with Gasteiger partial charge in [-0.2, -0.15) is 0 Å². The normalized spacial score (nSPS) is 31.4. The third-order valence-corrected chi connectivity index (χ3v) is 4.28. The van der Waals surface area contributed by atoms with E-state index in [1.807, 2.05) is 30.3 Å². The molecule has 1 saturated carbocycles. The average molecular weight is 211 g/mol. The lowest BCUT2D eigenvalue weighted by Crippen LogP contribution is -2.13. The molecule has 0 radical (unpaired) electrons. The molecule has 3 atom stereocenters. The van der Waals surface area contributed by atoms with Gasteiger partial charge in [-0.25, -0.2) is 8.42 Å². The van der Waals surface area contributed by atoms with Crippen LogP contribution in [0.2, 0.25) is 0 Å². The molecule has 2 N–H and O–H groups in total. The number of benzene rings is 1. The van der Waals surface area contributed by atoms with Crippen molar-refractivity contribution in [1.82, 2.24) is 0 Å². The van der Waals surface area contributed by atoms with Crippen LogP contribution in [0.15, 0.2) is 30.3 Å². The van der Waals surface area contributed by atoms with Gasteiger partial charge in [-0.1, -0.05) is 30.3 Å². The number of nitrogens with two attached hydrogens (primary N) is 1. The van der Waals surface area contributed by atoms with Crippen LogP contribution in [0.4, 0.5) is 0 Å². The fraction of sp³-hybridized carbons (Fsp3) is 0.400. The van der Waals surface area contributed by atoms with Crippen molar-refractivity contribution >= 4 is 9.84 Å². The van der Waals surface area contributed by atoms with Crippen molar-refractivity contribution < 1.29 is 8.42 Å². The third-order valence-electron chi connectivity index (χ3n) is 2.69. The number of rotatable bonds is 2. The molecule has 1 aliphatic rings. The Hall–Kier alpha value is -0.870. The van der Waals surface area contributed by atoms with Crippen molar-refractivity contribution in [2.75, 3.05) is 6.26 Å². The summed E-state index contributed by atoms with van der Waals surface area (Å²) < 4.78 is 22.6. The zero-order valence-corrected chi connectivity index (χ0v) is 8.74. The minimum Gasteiger partial charge on any atom is -0.326 e. The van der Waals surface area contributed by atoms with Crippen molar-refractivity contribution in [2.24, 2.45) is 5.73 Å². The van der Waals surface area contributed by atoms with Gasteiger partial charge >= 0.3 is 0 Å². The molecule has 2 rings (SSSR count). The second-order valence-corrected chi connectivity index (χ2v) is 6.01. The number of hydrogen-bond acceptors (Lipinski definition) is 3. The van der Waals surface area contributed by atoms with Crippen LogP contribution < -0.4 is 5.73 Å². The lowest BCUT2D eigenvalue weighted by atomic mass is 10.1. The van der Waals surface area contributed by atoms with E-state index in [0.29, 0.717) is 0 Å². The first-order valence-corrected chi connectivity index (χ1v) is 6.46. The van der Waals surface area contributed by atoms with Crippen molar-refractivity contribution in [3.8, 4) is 0 Å². The van der Waals surface area contributed by atoms with Gasteiger partial charge in [-0.05, 0) is 5.56 Å². The summed E-state index contributed by atoms with van der Waals surface area (Å²) in [7, 11) is -3.00. The molecule has 0 aliphatic heterocycles. The molecule has 1 aromatic rings. The summed E-state index contributed by atoms with van der Waals surface area (Å²) in [6.45, 7) is 0. The topological polar surface area (TPSA) is 60.2 Å². The predicted molar refractivity (Wildman–Crippen MR) is 55.8 cm³/mol. The van der Waals surface area contributed by atoms with Crippen molar-refractivity contribution in [3.63, 3.8) is 0 Å². The van der Waals surface area contributed by atoms with Crippen LogP contribution in [0.1, 0.15) is 11.5 Å². The molecule has 0 aromatic heterocycles. The molecule has 0 spiro atoms. The Morgan fingerprint density at radius 3 is 2.21 bits per heavy atom. The zero-order valence-electron chi connectivity index (χ0n) is 7.92. The van der Waals surface area contributed by atoms with Crippen LogP contribution >= 0.6 is 0 Å². The quantitative estimate of drug-likeness (QED) is 0.776. The monoisotopic (exact) mass is 211 g/mol. The van der Waals surface area contributed by atoms with Crippen LogP contribution in [-0.2, 0) is 9.84 Å². The molecule has 4 heteroatoms. The second-order valence-electron chi connectivity index (χ2n) is 3.81. The van der Waals surface area contributed by atoms with Crippen molar-refractivity contribution in [1.29, 1.82) is 0 Å². The fourth-order valence-electron chi connectivity index (χ4n) is 1.94. The Kier molecular flexibility index (Phi) is 2.12. The molecule has 1 aromatic carbocycles. The first-order valence-electron chi connectivity index (χ1n) is 4.51. The summed E-state index contributed by atoms with van der Waals surface area (Å²) >= 11 is 0. The summed E-state index contributed by atoms with van der Waals surface area (Å²) in [5.41, 5.74) is 6.77. The average Bonchev–Trinajstić information content (AvgIpc) is 2.78. The molecular weight excluding hydrogens is 198 g/mol. The van der Waals surface area contributed by atoms with Gasteiger partial charge in [0.2, 0.25) is 0 Å². The largest absolute Gasteiger partial charge is 0.326 e. The van der Waals surface area contributed by atoms with Gasteiger partial charge in [0.25, 0.3) is 0 Å². The third kappa shape index (κ3) is 1.55. The molecule has 0 amide bonds. The Morgan fingerprint density at radius 2 is 1.79 bits per heavy atom. The van der Waals surface area contributed by atoms with E-state index in [9.17, 15) is 8.42 Å². The van der Waals surface area contributed by atoms with Crippen LogP contribution in [0.3, 0.4) is 0 Å². The minimum absolute atomic E-state index is 0.00815. The maximum atomic E-state index is 11.3. The van der Waals surface area contributed by atoms with E-state index in [1.165, 1.54) is 6.26 Å². The zero-order chi connectivity index (χ0) is 10.3. The maximum Gasteiger partial charge on any atom is 0.152 e. The van der Waals surface area contributed by atoms with Crippen molar-refractivity contribution in [2.45, 2.75) is 17.2 Å². The summed E-state index contributed by atoms with van der Waals surface area (Å²) in [5, 5.41) is -0.384. The van der Waals surface area contributed by atoms with E-state index < -0.39 is 9.84 Å². The Balaban J connectivity index is 2.26. The van der Waals surface area contributed by atoms with Gasteiger partial charge in [0.15, 0.2) is 9.84 Å². The van der Waals surface area contributed by atoms with E-state index in [0.717, 1.165) is 5.56 Å². The van der Waals surface area contributed by atoms with Gasteiger partial charge in [-0.3, -0.25) is 0 Å². The van der Waals surface area contributed by atoms with Gasteiger partial charge in [0.1, 0.15) is 0 Å². The molecule has 0 saturated heterocycles. The maximum absolute atomic E-state index is 11.3. The highest BCUT2D eigenvalue weighted by Crippen LogP contribution is 2.44. The first-order chi connectivity index (χ1) is 6.52. The second kappa shape index (κ2) is 3.07. The van der Waals surface area contributed by atoms with Gasteiger partial charge in [0.05, 0.1) is 5.25 Å². The molecule has 0 heterocycles. The van der Waals surface area contributed by atoms with Crippen molar-refractivity contribution in [3.05, 3.63) is 35.9 Å². The standard InChI is InChI=1S/C10H13NO2S/c1-14(12,13)10-8(9(10)11)7-5-3-2-4-6-7/h2-6,8-10H,11H2,1H3/t8-,9+,10-/m0/s1. The number of sulfone groups is 1. The summed E-state index contributed by atoms with van der Waals surface area (Å²) in [5.74, 6) is -0.00815. The summed E-state index contributed by atoms with van der Waals surface area (Å²) in [6, 6.07) is 9.34. The molecule has 1 aliphatic carbocycles. The van der Waals surface area contributed by atoms with Crippen LogP contribution in [0.25, 0.3) is 0 Å². The summed E-state index contributed by atoms with van der Waals surface area (Å²) in [4.78, 5) is 0. The van der Waals surface area contributed by atoms with Gasteiger partial charge < -0.3 is 5.73 Å². The molecule has 1 fully saturated rings. The van der Waals surface area contributed by atoms with E-state index in [4.69, 9.17) is 5.73 Å². The van der Waals surface area contributed by atoms with Crippen LogP contribution in [-0.4, -0.2) is 26.0 Å². The Labute approximate surface area is 83.9 Å². The fourth-order valence-corrected chi connectivity index (χ4v) is 3.46. The molecule has 0 unspecified atom stereocenters. The summed E-state index contributed by atoms with van der Waals surface area (Å²) in [6.07, 6.45) is 1.25. The molecule has 76 valence electrons. The molecule has 3 nitrogen and oxygen atoms in total. The number of hydrogen-bond donors (Lipinski definition) is 1. The molecule has 14 heavy (non-hydrogen) atoms. The lowest BCUT2D eigenvalue weighted by Gasteiger charge is -1.97. The minimum atomic E-state index is -3.00. The van der Waals surface area contributed by atoms with E-state index in [-0.39, 0.29) is 17.2 Å². The highest BCUT2D eigenvalue weighted by atomic mass is 32.2. The van der Waals surface area contributed by atoms with Gasteiger partial charge in [-0.15, -0.1) is 0 Å². The van der Waals surface area contributed by atoms with E-state index >= 15 is 0 Å². The highest BCUT2D eigenvalue weighted by Gasteiger charge is 2.54. The van der Waals surface area contributed by atoms with Crippen LogP contribution in [0.5, 0.6) is 0 Å². The smallest absolute Gasteiger partial charge is 0.152 e. The molecule has 0 bridgehead atoms. The molecular formula is C10H13NO2S.